The number of hydrogen-bond donors (Lipinski definition) is 1. The second kappa shape index (κ2) is 6.91. The van der Waals surface area contributed by atoms with Crippen LogP contribution in [-0.4, -0.2) is 24.9 Å². The van der Waals surface area contributed by atoms with E-state index in [-0.39, 0.29) is 23.5 Å². The number of carbonyl (C=O) groups is 2. The molecule has 1 aromatic heterocycles. The number of halogens is 1. The van der Waals surface area contributed by atoms with Gasteiger partial charge in [0.1, 0.15) is 5.82 Å². The van der Waals surface area contributed by atoms with Crippen LogP contribution in [0.3, 0.4) is 0 Å². The molecule has 0 radical (unpaired) electrons. The Hall–Kier alpha value is -2.21. The van der Waals surface area contributed by atoms with Crippen molar-refractivity contribution in [2.24, 2.45) is 5.92 Å². The highest BCUT2D eigenvalue weighted by Crippen LogP contribution is 2.24. The summed E-state index contributed by atoms with van der Waals surface area (Å²) in [6.07, 6.45) is 0.774. The summed E-state index contributed by atoms with van der Waals surface area (Å²) in [7, 11) is 0. The van der Waals surface area contributed by atoms with Crippen molar-refractivity contribution in [3.05, 3.63) is 52.5 Å². The Kier molecular flexibility index (Phi) is 4.71. The van der Waals surface area contributed by atoms with E-state index in [2.05, 4.69) is 5.32 Å². The van der Waals surface area contributed by atoms with Crippen LogP contribution in [0.1, 0.15) is 11.3 Å². The number of nitrogens with zero attached hydrogens (tertiary/aromatic N) is 1. The highest BCUT2D eigenvalue weighted by Gasteiger charge is 2.30. The van der Waals surface area contributed by atoms with E-state index in [1.165, 1.54) is 12.1 Å². The summed E-state index contributed by atoms with van der Waals surface area (Å²) >= 11 is 1.55. The normalized spacial score (nSPS) is 17.5. The van der Waals surface area contributed by atoms with E-state index in [0.29, 0.717) is 31.6 Å². The van der Waals surface area contributed by atoms with Gasteiger partial charge in [0.05, 0.1) is 6.42 Å². The van der Waals surface area contributed by atoms with Crippen LogP contribution in [0.2, 0.25) is 0 Å². The number of anilines is 1. The molecule has 1 unspecified atom stereocenters. The summed E-state index contributed by atoms with van der Waals surface area (Å²) in [5.74, 6) is -0.258. The third-order valence-electron chi connectivity index (χ3n) is 3.85. The summed E-state index contributed by atoms with van der Waals surface area (Å²) in [4.78, 5) is 26.7. The van der Waals surface area contributed by atoms with Gasteiger partial charge in [0.25, 0.3) is 0 Å². The molecule has 0 saturated carbocycles. The molecule has 0 spiro atoms. The fourth-order valence-corrected chi connectivity index (χ4v) is 3.38. The number of nitrogens with one attached hydrogen (secondary N) is 1. The summed E-state index contributed by atoms with van der Waals surface area (Å²) in [5, 5.41) is 4.84. The number of benzene rings is 1. The van der Waals surface area contributed by atoms with Crippen molar-refractivity contribution in [1.29, 1.82) is 0 Å². The Morgan fingerprint density at radius 2 is 2.09 bits per heavy atom. The fourth-order valence-electron chi connectivity index (χ4n) is 2.68. The van der Waals surface area contributed by atoms with E-state index in [9.17, 15) is 14.0 Å². The van der Waals surface area contributed by atoms with Gasteiger partial charge in [-0.1, -0.05) is 6.07 Å². The van der Waals surface area contributed by atoms with E-state index >= 15 is 0 Å². The smallest absolute Gasteiger partial charge is 0.227 e. The summed E-state index contributed by atoms with van der Waals surface area (Å²) in [6.45, 7) is 1.03. The van der Waals surface area contributed by atoms with Crippen molar-refractivity contribution < 1.29 is 14.0 Å². The van der Waals surface area contributed by atoms with Crippen LogP contribution < -0.4 is 10.2 Å². The summed E-state index contributed by atoms with van der Waals surface area (Å²) in [6, 6.07) is 9.75. The van der Waals surface area contributed by atoms with E-state index in [1.807, 2.05) is 17.5 Å². The highest BCUT2D eigenvalue weighted by molar-refractivity contribution is 7.10. The third-order valence-corrected chi connectivity index (χ3v) is 4.72. The van der Waals surface area contributed by atoms with E-state index in [0.717, 1.165) is 4.88 Å². The lowest BCUT2D eigenvalue weighted by Crippen LogP contribution is -2.32. The Labute approximate surface area is 137 Å². The van der Waals surface area contributed by atoms with Gasteiger partial charge in [-0.15, -0.1) is 11.3 Å². The molecule has 1 atom stereocenters. The Bertz CT molecular complexity index is 685. The average molecular weight is 332 g/mol. The minimum absolute atomic E-state index is 0.00844. The van der Waals surface area contributed by atoms with Crippen LogP contribution in [0.15, 0.2) is 41.8 Å². The molecule has 1 aliphatic heterocycles. The predicted molar refractivity (Wildman–Crippen MR) is 87.9 cm³/mol. The predicted octanol–water partition coefficient (Wildman–Crippen LogP) is 2.60. The molecular weight excluding hydrogens is 315 g/mol. The maximum atomic E-state index is 13.0. The topological polar surface area (TPSA) is 49.4 Å². The van der Waals surface area contributed by atoms with Crippen LogP contribution in [0.5, 0.6) is 0 Å². The molecule has 2 amide bonds. The highest BCUT2D eigenvalue weighted by atomic mass is 32.1. The van der Waals surface area contributed by atoms with Gasteiger partial charge in [0.2, 0.25) is 11.8 Å². The number of hydrogen-bond acceptors (Lipinski definition) is 3. The monoisotopic (exact) mass is 332 g/mol. The van der Waals surface area contributed by atoms with Crippen LogP contribution in [0.25, 0.3) is 0 Å². The van der Waals surface area contributed by atoms with Gasteiger partial charge in [-0.05, 0) is 35.7 Å². The molecule has 1 fully saturated rings. The molecule has 2 aromatic rings. The van der Waals surface area contributed by atoms with Crippen molar-refractivity contribution >= 4 is 28.8 Å². The SMILES string of the molecule is O=C(Cc1cccs1)NCC1CC(=O)N(c2ccc(F)cc2)C1. The van der Waals surface area contributed by atoms with Gasteiger partial charge in [0, 0.05) is 36.0 Å². The molecule has 4 nitrogen and oxygen atoms in total. The molecule has 1 N–H and O–H groups in total. The molecule has 1 aromatic carbocycles. The lowest BCUT2D eigenvalue weighted by molar-refractivity contribution is -0.121. The van der Waals surface area contributed by atoms with Gasteiger partial charge < -0.3 is 10.2 Å². The molecule has 120 valence electrons. The Morgan fingerprint density at radius 1 is 1.30 bits per heavy atom. The molecule has 3 rings (SSSR count). The summed E-state index contributed by atoms with van der Waals surface area (Å²) < 4.78 is 13.0. The minimum Gasteiger partial charge on any atom is -0.355 e. The van der Waals surface area contributed by atoms with E-state index < -0.39 is 0 Å². The van der Waals surface area contributed by atoms with Crippen molar-refractivity contribution in [3.8, 4) is 0 Å². The standard InChI is InChI=1S/C17H17FN2O2S/c18-13-3-5-14(6-4-13)20-11-12(8-17(20)22)10-19-16(21)9-15-2-1-7-23-15/h1-7,12H,8-11H2,(H,19,21). The Morgan fingerprint density at radius 3 is 2.78 bits per heavy atom. The molecular formula is C17H17FN2O2S. The molecule has 1 saturated heterocycles. The largest absolute Gasteiger partial charge is 0.355 e. The zero-order valence-corrected chi connectivity index (χ0v) is 13.3. The van der Waals surface area contributed by atoms with Gasteiger partial charge in [0.15, 0.2) is 0 Å². The lowest BCUT2D eigenvalue weighted by atomic mass is 10.1. The van der Waals surface area contributed by atoms with Crippen LogP contribution >= 0.6 is 11.3 Å². The number of thiophene rings is 1. The first kappa shape index (κ1) is 15.7. The molecule has 0 bridgehead atoms. The van der Waals surface area contributed by atoms with Crippen LogP contribution in [0, 0.1) is 11.7 Å². The van der Waals surface area contributed by atoms with Crippen molar-refractivity contribution in [3.63, 3.8) is 0 Å². The quantitative estimate of drug-likeness (QED) is 0.915. The first-order chi connectivity index (χ1) is 11.1. The second-order valence-corrected chi connectivity index (χ2v) is 6.64. The van der Waals surface area contributed by atoms with E-state index in [1.54, 1.807) is 28.4 Å². The lowest BCUT2D eigenvalue weighted by Gasteiger charge is -2.17. The molecule has 2 heterocycles. The van der Waals surface area contributed by atoms with Crippen LogP contribution in [0.4, 0.5) is 10.1 Å². The van der Waals surface area contributed by atoms with Gasteiger partial charge in [-0.3, -0.25) is 9.59 Å². The molecule has 6 heteroatoms. The van der Waals surface area contributed by atoms with Gasteiger partial charge in [-0.2, -0.15) is 0 Å². The molecule has 0 aliphatic carbocycles. The molecule has 1 aliphatic rings. The second-order valence-electron chi connectivity index (χ2n) is 5.61. The first-order valence-corrected chi connectivity index (χ1v) is 8.35. The van der Waals surface area contributed by atoms with Crippen molar-refractivity contribution in [2.45, 2.75) is 12.8 Å². The zero-order valence-electron chi connectivity index (χ0n) is 12.5. The van der Waals surface area contributed by atoms with E-state index in [4.69, 9.17) is 0 Å². The zero-order chi connectivity index (χ0) is 16.2. The third kappa shape index (κ3) is 3.96. The maximum absolute atomic E-state index is 13.0. The Balaban J connectivity index is 1.51. The summed E-state index contributed by atoms with van der Waals surface area (Å²) in [5.41, 5.74) is 0.698. The maximum Gasteiger partial charge on any atom is 0.227 e. The van der Waals surface area contributed by atoms with Gasteiger partial charge in [-0.25, -0.2) is 4.39 Å². The minimum atomic E-state index is -0.321. The number of amides is 2. The molecule has 23 heavy (non-hydrogen) atoms. The fraction of sp³-hybridized carbons (Fsp3) is 0.294. The van der Waals surface area contributed by atoms with Crippen LogP contribution in [-0.2, 0) is 16.0 Å². The van der Waals surface area contributed by atoms with Crippen molar-refractivity contribution in [2.75, 3.05) is 18.0 Å². The first-order valence-electron chi connectivity index (χ1n) is 7.47. The van der Waals surface area contributed by atoms with Gasteiger partial charge >= 0.3 is 0 Å². The average Bonchev–Trinajstić information content (AvgIpc) is 3.16. The number of rotatable bonds is 5. The number of carbonyl (C=O) groups excluding carboxylic acids is 2. The van der Waals surface area contributed by atoms with Crippen molar-refractivity contribution in [1.82, 2.24) is 5.32 Å².